The van der Waals surface area contributed by atoms with Gasteiger partial charge in [0.2, 0.25) is 0 Å². The van der Waals surface area contributed by atoms with Crippen LogP contribution in [0, 0.1) is 11.3 Å². The number of aromatic nitrogens is 3. The van der Waals surface area contributed by atoms with Gasteiger partial charge in [0.15, 0.2) is 5.69 Å². The van der Waals surface area contributed by atoms with Crippen molar-refractivity contribution >= 4 is 0 Å². The van der Waals surface area contributed by atoms with Crippen LogP contribution < -0.4 is 0 Å². The number of aliphatic hydroxyl groups excluding tert-OH is 2. The summed E-state index contributed by atoms with van der Waals surface area (Å²) >= 11 is 0. The Morgan fingerprint density at radius 2 is 0.964 bits per heavy atom. The first kappa shape index (κ1) is 53.8. The number of nitrogens with zero attached hydrogens (tertiary/aromatic N) is 7. The summed E-state index contributed by atoms with van der Waals surface area (Å²) in [6, 6.07) is 1.22. The lowest BCUT2D eigenvalue weighted by Gasteiger charge is -2.14. The number of unbranched alkanes of at least 4 members (excludes halogenated alkanes) is 30. The van der Waals surface area contributed by atoms with E-state index in [9.17, 15) is 5.11 Å². The summed E-state index contributed by atoms with van der Waals surface area (Å²) in [4.78, 5) is 2.69. The lowest BCUT2D eigenvalue weighted by molar-refractivity contribution is 0.0695. The number of nitriles is 1. The maximum Gasteiger partial charge on any atom is 0.182 e. The van der Waals surface area contributed by atoms with E-state index in [0.29, 0.717) is 26.4 Å². The monoisotopic (exact) mass is 790 g/mol. The molecule has 11 heteroatoms. The molecule has 0 bridgehead atoms. The largest absolute Gasteiger partial charge is 0.396 e. The molecule has 0 spiro atoms. The molecule has 1 heterocycles. The van der Waals surface area contributed by atoms with Crippen molar-refractivity contribution in [3.8, 4) is 6.07 Å². The molecule has 1 rings (SSSR count). The number of azide groups is 1. The summed E-state index contributed by atoms with van der Waals surface area (Å²) in [7, 11) is 0. The fourth-order valence-electron chi connectivity index (χ4n) is 6.86. The molecule has 0 aromatic carbocycles. The number of aliphatic hydroxyl groups is 2. The Hall–Kier alpha value is -2.22. The highest BCUT2D eigenvalue weighted by atomic mass is 16.5. The van der Waals surface area contributed by atoms with Crippen molar-refractivity contribution < 1.29 is 19.7 Å². The standard InChI is InChI=1S/C24H44N4O2.C21H43N3O2/c1-2-3-4-5-6-7-8-9-10-11-12-13-14-15-16-17-18-30-22-24(21-29)28-20-23(19-25)26-27-28;1-2-3-4-5-6-7-8-9-10-11-12-13-14-15-16-17-18-26-20-21(19-25)23-24-22/h20,24,29H,2-18,21-22H2,1H3;21,25H,2-20H2,1H3/t24-;/m0./s1. The van der Waals surface area contributed by atoms with Crippen molar-refractivity contribution in [2.24, 2.45) is 5.11 Å². The van der Waals surface area contributed by atoms with Crippen LogP contribution in [0.4, 0.5) is 0 Å². The van der Waals surface area contributed by atoms with Crippen LogP contribution in [0.2, 0.25) is 0 Å². The second kappa shape index (κ2) is 45.5. The minimum absolute atomic E-state index is 0.0762. The van der Waals surface area contributed by atoms with Gasteiger partial charge < -0.3 is 19.7 Å². The van der Waals surface area contributed by atoms with Crippen LogP contribution in [0.1, 0.15) is 231 Å². The number of hydrogen-bond acceptors (Lipinski definition) is 8. The van der Waals surface area contributed by atoms with E-state index in [1.54, 1.807) is 6.20 Å². The SMILES string of the molecule is CCCCCCCCCCCCCCCCCCOCC(CO)N=[N+]=[N-].CCCCCCCCCCCCCCCCCCOC[C@H](CO)n1cc(C#N)nn1. The van der Waals surface area contributed by atoms with Crippen LogP contribution in [-0.4, -0.2) is 70.9 Å². The van der Waals surface area contributed by atoms with Gasteiger partial charge in [0.25, 0.3) is 0 Å². The van der Waals surface area contributed by atoms with Crippen LogP contribution in [0.3, 0.4) is 0 Å². The van der Waals surface area contributed by atoms with Crippen LogP contribution >= 0.6 is 0 Å². The molecule has 0 aliphatic heterocycles. The maximum absolute atomic E-state index is 9.45. The fourth-order valence-corrected chi connectivity index (χ4v) is 6.86. The number of ether oxygens (including phenoxy) is 2. The molecule has 326 valence electrons. The summed E-state index contributed by atoms with van der Waals surface area (Å²) in [5, 5.41) is 38.2. The van der Waals surface area contributed by atoms with Crippen LogP contribution in [0.25, 0.3) is 10.4 Å². The topological polar surface area (TPSA) is 162 Å². The average molecular weight is 790 g/mol. The van der Waals surface area contributed by atoms with Gasteiger partial charge >= 0.3 is 0 Å². The maximum atomic E-state index is 9.45. The fraction of sp³-hybridized carbons (Fsp3) is 0.933. The van der Waals surface area contributed by atoms with E-state index >= 15 is 0 Å². The highest BCUT2D eigenvalue weighted by molar-refractivity contribution is 5.13. The molecule has 1 unspecified atom stereocenters. The Balaban J connectivity index is 0.00000109. The molecule has 0 fully saturated rings. The van der Waals surface area contributed by atoms with Crippen LogP contribution in [-0.2, 0) is 9.47 Å². The van der Waals surface area contributed by atoms with Crippen molar-refractivity contribution in [1.82, 2.24) is 15.0 Å². The van der Waals surface area contributed by atoms with Gasteiger partial charge in [-0.2, -0.15) is 5.26 Å². The third-order valence-corrected chi connectivity index (χ3v) is 10.5. The van der Waals surface area contributed by atoms with E-state index in [-0.39, 0.29) is 24.9 Å². The quantitative estimate of drug-likeness (QED) is 0.0288. The third-order valence-electron chi connectivity index (χ3n) is 10.5. The molecule has 0 saturated carbocycles. The van der Waals surface area contributed by atoms with Crippen molar-refractivity contribution in [1.29, 1.82) is 5.26 Å². The first-order chi connectivity index (χ1) is 27.7. The highest BCUT2D eigenvalue weighted by Gasteiger charge is 2.12. The summed E-state index contributed by atoms with van der Waals surface area (Å²) in [5.74, 6) is 0. The Morgan fingerprint density at radius 3 is 1.27 bits per heavy atom. The first-order valence-corrected chi connectivity index (χ1v) is 23.4. The van der Waals surface area contributed by atoms with Crippen LogP contribution in [0.15, 0.2) is 11.3 Å². The normalized spacial score (nSPS) is 12.1. The summed E-state index contributed by atoms with van der Waals surface area (Å²) < 4.78 is 12.6. The van der Waals surface area contributed by atoms with Crippen molar-refractivity contribution in [3.05, 3.63) is 22.3 Å². The molecule has 0 amide bonds. The first-order valence-electron chi connectivity index (χ1n) is 23.4. The molecule has 2 N–H and O–H groups in total. The Morgan fingerprint density at radius 1 is 0.607 bits per heavy atom. The Bertz CT molecular complexity index is 1010. The molecule has 1 aromatic rings. The number of hydrogen-bond donors (Lipinski definition) is 2. The van der Waals surface area contributed by atoms with Crippen molar-refractivity contribution in [2.75, 3.05) is 39.6 Å². The molecular formula is C45H87N7O4. The predicted molar refractivity (Wildman–Crippen MR) is 232 cm³/mol. The molecule has 0 aliphatic carbocycles. The Kier molecular flexibility index (Phi) is 43.7. The minimum Gasteiger partial charge on any atom is -0.396 e. The molecular weight excluding hydrogens is 703 g/mol. The summed E-state index contributed by atoms with van der Waals surface area (Å²) in [5.41, 5.74) is 8.57. The molecule has 0 radical (unpaired) electrons. The molecule has 11 nitrogen and oxygen atoms in total. The van der Waals surface area contributed by atoms with Gasteiger partial charge in [0.1, 0.15) is 12.1 Å². The van der Waals surface area contributed by atoms with E-state index < -0.39 is 6.04 Å². The smallest absolute Gasteiger partial charge is 0.182 e. The van der Waals surface area contributed by atoms with Gasteiger partial charge in [0, 0.05) is 18.1 Å². The van der Waals surface area contributed by atoms with Gasteiger partial charge in [0.05, 0.1) is 38.7 Å². The molecule has 0 saturated heterocycles. The van der Waals surface area contributed by atoms with Gasteiger partial charge in [-0.3, -0.25) is 0 Å². The summed E-state index contributed by atoms with van der Waals surface area (Å²) in [6.07, 6.45) is 45.1. The van der Waals surface area contributed by atoms with Crippen molar-refractivity contribution in [3.63, 3.8) is 0 Å². The van der Waals surface area contributed by atoms with E-state index in [0.717, 1.165) is 12.8 Å². The predicted octanol–water partition coefficient (Wildman–Crippen LogP) is 12.9. The lowest BCUT2D eigenvalue weighted by Crippen LogP contribution is -2.20. The lowest BCUT2D eigenvalue weighted by atomic mass is 10.0. The van der Waals surface area contributed by atoms with Gasteiger partial charge in [-0.25, -0.2) is 4.68 Å². The van der Waals surface area contributed by atoms with E-state index in [4.69, 9.17) is 25.4 Å². The van der Waals surface area contributed by atoms with Gasteiger partial charge in [-0.1, -0.05) is 217 Å². The van der Waals surface area contributed by atoms with E-state index in [2.05, 4.69) is 34.2 Å². The van der Waals surface area contributed by atoms with E-state index in [1.807, 2.05) is 6.07 Å². The van der Waals surface area contributed by atoms with E-state index in [1.165, 1.54) is 197 Å². The molecule has 1 aromatic heterocycles. The molecule has 0 aliphatic rings. The minimum atomic E-state index is -0.443. The average Bonchev–Trinajstić information content (AvgIpc) is 3.70. The second-order valence-electron chi connectivity index (χ2n) is 15.8. The zero-order valence-electron chi connectivity index (χ0n) is 36.4. The van der Waals surface area contributed by atoms with Gasteiger partial charge in [-0.15, -0.1) is 5.10 Å². The Labute approximate surface area is 343 Å². The third kappa shape index (κ3) is 37.4. The van der Waals surface area contributed by atoms with Crippen molar-refractivity contribution in [2.45, 2.75) is 231 Å². The molecule has 56 heavy (non-hydrogen) atoms. The highest BCUT2D eigenvalue weighted by Crippen LogP contribution is 2.16. The van der Waals surface area contributed by atoms with Crippen LogP contribution in [0.5, 0.6) is 0 Å². The number of rotatable bonds is 42. The zero-order valence-corrected chi connectivity index (χ0v) is 36.4. The summed E-state index contributed by atoms with van der Waals surface area (Å²) in [6.45, 7) is 6.43. The zero-order chi connectivity index (χ0) is 40.8. The molecule has 2 atom stereocenters. The van der Waals surface area contributed by atoms with Gasteiger partial charge in [-0.05, 0) is 18.4 Å². The second-order valence-corrected chi connectivity index (χ2v) is 15.8.